The van der Waals surface area contributed by atoms with Gasteiger partial charge in [0.2, 0.25) is 0 Å². The third-order valence-corrected chi connectivity index (χ3v) is 3.72. The summed E-state index contributed by atoms with van der Waals surface area (Å²) in [6.45, 7) is 7.88. The van der Waals surface area contributed by atoms with E-state index in [2.05, 4.69) is 41.4 Å². The van der Waals surface area contributed by atoms with Crippen LogP contribution in [0.2, 0.25) is 0 Å². The predicted octanol–water partition coefficient (Wildman–Crippen LogP) is 2.15. The van der Waals surface area contributed by atoms with Crippen LogP contribution >= 0.6 is 0 Å². The minimum absolute atomic E-state index is 0.471. The molecule has 1 fully saturated rings. The molecule has 1 heterocycles. The Hall–Kier alpha value is -1.06. The van der Waals surface area contributed by atoms with Crippen molar-refractivity contribution in [2.45, 2.75) is 38.8 Å². The van der Waals surface area contributed by atoms with E-state index in [0.29, 0.717) is 0 Å². The average Bonchev–Trinajstić information content (AvgIpc) is 2.37. The van der Waals surface area contributed by atoms with Crippen LogP contribution in [0.25, 0.3) is 0 Å². The van der Waals surface area contributed by atoms with E-state index < -0.39 is 5.60 Å². The van der Waals surface area contributed by atoms with Crippen LogP contribution in [0.4, 0.5) is 5.69 Å². The van der Waals surface area contributed by atoms with Gasteiger partial charge in [0.25, 0.3) is 0 Å². The highest BCUT2D eigenvalue weighted by molar-refractivity contribution is 5.48. The van der Waals surface area contributed by atoms with Crippen LogP contribution in [0.15, 0.2) is 24.3 Å². The van der Waals surface area contributed by atoms with Crippen molar-refractivity contribution in [3.05, 3.63) is 29.8 Å². The van der Waals surface area contributed by atoms with Gasteiger partial charge >= 0.3 is 0 Å². The van der Waals surface area contributed by atoms with E-state index >= 15 is 0 Å². The Morgan fingerprint density at radius 1 is 1.22 bits per heavy atom. The van der Waals surface area contributed by atoms with Crippen molar-refractivity contribution in [2.24, 2.45) is 0 Å². The van der Waals surface area contributed by atoms with Crippen molar-refractivity contribution in [2.75, 3.05) is 24.5 Å². The number of rotatable bonds is 4. The van der Waals surface area contributed by atoms with Gasteiger partial charge in [0, 0.05) is 25.3 Å². The monoisotopic (exact) mass is 248 g/mol. The van der Waals surface area contributed by atoms with Gasteiger partial charge in [-0.05, 0) is 44.0 Å². The molecule has 0 spiro atoms. The molecule has 0 saturated carbocycles. The quantitative estimate of drug-likeness (QED) is 0.857. The largest absolute Gasteiger partial charge is 0.390 e. The molecular weight excluding hydrogens is 224 g/mol. The van der Waals surface area contributed by atoms with Gasteiger partial charge in [0.05, 0.1) is 5.60 Å². The molecule has 0 aromatic heterocycles. The topological polar surface area (TPSA) is 35.5 Å². The summed E-state index contributed by atoms with van der Waals surface area (Å²) in [7, 11) is 0. The number of hydrogen-bond donors (Lipinski definition) is 2. The number of nitrogens with one attached hydrogen (secondary N) is 1. The van der Waals surface area contributed by atoms with Crippen molar-refractivity contribution in [1.82, 2.24) is 5.32 Å². The zero-order valence-corrected chi connectivity index (χ0v) is 11.4. The molecule has 1 aromatic carbocycles. The van der Waals surface area contributed by atoms with E-state index in [4.69, 9.17) is 0 Å². The van der Waals surface area contributed by atoms with Gasteiger partial charge in [-0.1, -0.05) is 19.1 Å². The van der Waals surface area contributed by atoms with Gasteiger partial charge in [-0.2, -0.15) is 0 Å². The van der Waals surface area contributed by atoms with Crippen LogP contribution < -0.4 is 10.2 Å². The Morgan fingerprint density at radius 2 is 1.83 bits per heavy atom. The lowest BCUT2D eigenvalue weighted by molar-refractivity contribution is 0.0351. The lowest BCUT2D eigenvalue weighted by Crippen LogP contribution is -2.42. The fourth-order valence-electron chi connectivity index (χ4n) is 2.34. The highest BCUT2D eigenvalue weighted by atomic mass is 16.3. The lowest BCUT2D eigenvalue weighted by atomic mass is 9.93. The second kappa shape index (κ2) is 5.72. The summed E-state index contributed by atoms with van der Waals surface area (Å²) in [5.41, 5.74) is 2.12. The molecule has 0 atom stereocenters. The predicted molar refractivity (Wildman–Crippen MR) is 75.9 cm³/mol. The molecule has 0 unspecified atom stereocenters. The van der Waals surface area contributed by atoms with Crippen LogP contribution in [0.3, 0.4) is 0 Å². The number of aliphatic hydroxyl groups is 1. The first-order valence-corrected chi connectivity index (χ1v) is 6.88. The molecule has 2 rings (SSSR count). The molecule has 3 nitrogen and oxygen atoms in total. The Kier molecular flexibility index (Phi) is 4.25. The fourth-order valence-corrected chi connectivity index (χ4v) is 2.34. The van der Waals surface area contributed by atoms with Gasteiger partial charge in [-0.15, -0.1) is 0 Å². The molecule has 100 valence electrons. The van der Waals surface area contributed by atoms with E-state index in [1.165, 1.54) is 11.3 Å². The van der Waals surface area contributed by atoms with Gasteiger partial charge in [-0.25, -0.2) is 0 Å². The van der Waals surface area contributed by atoms with Crippen molar-refractivity contribution in [1.29, 1.82) is 0 Å². The summed E-state index contributed by atoms with van der Waals surface area (Å²) < 4.78 is 0. The highest BCUT2D eigenvalue weighted by Gasteiger charge is 2.27. The van der Waals surface area contributed by atoms with E-state index in [-0.39, 0.29) is 0 Å². The first-order valence-electron chi connectivity index (χ1n) is 6.88. The SMILES string of the molecule is CCNCc1ccc(N2CCC(C)(O)CC2)cc1. The molecule has 18 heavy (non-hydrogen) atoms. The fraction of sp³-hybridized carbons (Fsp3) is 0.600. The number of anilines is 1. The summed E-state index contributed by atoms with van der Waals surface area (Å²) in [4.78, 5) is 2.36. The Labute approximate surface area is 110 Å². The molecule has 2 N–H and O–H groups in total. The molecule has 1 aromatic rings. The third kappa shape index (κ3) is 3.47. The van der Waals surface area contributed by atoms with Crippen LogP contribution in [0.5, 0.6) is 0 Å². The average molecular weight is 248 g/mol. The number of benzene rings is 1. The smallest absolute Gasteiger partial charge is 0.0653 e. The molecular formula is C15H24N2O. The summed E-state index contributed by atoms with van der Waals surface area (Å²) in [6, 6.07) is 8.74. The molecule has 0 amide bonds. The number of hydrogen-bond acceptors (Lipinski definition) is 3. The van der Waals surface area contributed by atoms with E-state index in [1.807, 2.05) is 6.92 Å². The molecule has 1 aliphatic heterocycles. The maximum atomic E-state index is 9.95. The van der Waals surface area contributed by atoms with Crippen molar-refractivity contribution in [3.8, 4) is 0 Å². The zero-order chi connectivity index (χ0) is 13.0. The normalized spacial score (nSPS) is 18.9. The Balaban J connectivity index is 1.94. The van der Waals surface area contributed by atoms with E-state index in [9.17, 15) is 5.11 Å². The van der Waals surface area contributed by atoms with Crippen LogP contribution in [-0.2, 0) is 6.54 Å². The summed E-state index contributed by atoms with van der Waals surface area (Å²) in [6.07, 6.45) is 1.71. The third-order valence-electron chi connectivity index (χ3n) is 3.72. The molecule has 0 radical (unpaired) electrons. The number of piperidine rings is 1. The molecule has 1 saturated heterocycles. The molecule has 0 aliphatic carbocycles. The second-order valence-corrected chi connectivity index (χ2v) is 5.43. The first-order chi connectivity index (χ1) is 8.61. The first kappa shape index (κ1) is 13.4. The number of nitrogens with zero attached hydrogens (tertiary/aromatic N) is 1. The molecule has 0 bridgehead atoms. The van der Waals surface area contributed by atoms with Gasteiger partial charge in [-0.3, -0.25) is 0 Å². The maximum absolute atomic E-state index is 9.95. The summed E-state index contributed by atoms with van der Waals surface area (Å²) in [5.74, 6) is 0. The van der Waals surface area contributed by atoms with Crippen molar-refractivity contribution in [3.63, 3.8) is 0 Å². The maximum Gasteiger partial charge on any atom is 0.0653 e. The van der Waals surface area contributed by atoms with Gasteiger partial charge in [0.1, 0.15) is 0 Å². The summed E-state index contributed by atoms with van der Waals surface area (Å²) in [5, 5.41) is 13.3. The van der Waals surface area contributed by atoms with E-state index in [0.717, 1.165) is 39.0 Å². The Morgan fingerprint density at radius 3 is 2.39 bits per heavy atom. The van der Waals surface area contributed by atoms with Gasteiger partial charge < -0.3 is 15.3 Å². The van der Waals surface area contributed by atoms with Crippen LogP contribution in [-0.4, -0.2) is 30.3 Å². The molecule has 1 aliphatic rings. The summed E-state index contributed by atoms with van der Waals surface area (Å²) >= 11 is 0. The van der Waals surface area contributed by atoms with Crippen molar-refractivity contribution < 1.29 is 5.11 Å². The zero-order valence-electron chi connectivity index (χ0n) is 11.4. The standard InChI is InChI=1S/C15H24N2O/c1-3-16-12-13-4-6-14(7-5-13)17-10-8-15(2,18)9-11-17/h4-7,16,18H,3,8-12H2,1-2H3. The lowest BCUT2D eigenvalue weighted by Gasteiger charge is -2.37. The van der Waals surface area contributed by atoms with Crippen LogP contribution in [0.1, 0.15) is 32.3 Å². The minimum atomic E-state index is -0.471. The highest BCUT2D eigenvalue weighted by Crippen LogP contribution is 2.25. The van der Waals surface area contributed by atoms with E-state index in [1.54, 1.807) is 0 Å². The second-order valence-electron chi connectivity index (χ2n) is 5.43. The van der Waals surface area contributed by atoms with Gasteiger partial charge in [0.15, 0.2) is 0 Å². The van der Waals surface area contributed by atoms with Crippen molar-refractivity contribution >= 4 is 5.69 Å². The Bertz CT molecular complexity index is 363. The van der Waals surface area contributed by atoms with Crippen LogP contribution in [0, 0.1) is 0 Å². The minimum Gasteiger partial charge on any atom is -0.390 e. The molecule has 3 heteroatoms.